The number of sulfonamides is 1. The second kappa shape index (κ2) is 12.1. The molecule has 8 heteroatoms. The zero-order chi connectivity index (χ0) is 27.2. The van der Waals surface area contributed by atoms with Gasteiger partial charge in [-0.3, -0.25) is 13.9 Å². The number of nitrogens with one attached hydrogen (secondary N) is 1. The molecular weight excluding hydrogens is 486 g/mol. The summed E-state index contributed by atoms with van der Waals surface area (Å²) >= 11 is 0. The Balaban J connectivity index is 2.03. The van der Waals surface area contributed by atoms with Crippen LogP contribution in [-0.2, 0) is 26.2 Å². The number of hydrogen-bond donors (Lipinski definition) is 1. The molecule has 3 aromatic carbocycles. The van der Waals surface area contributed by atoms with Gasteiger partial charge >= 0.3 is 0 Å². The summed E-state index contributed by atoms with van der Waals surface area (Å²) in [4.78, 5) is 28.1. The summed E-state index contributed by atoms with van der Waals surface area (Å²) in [5.74, 6) is -0.774. The summed E-state index contributed by atoms with van der Waals surface area (Å²) in [5, 5.41) is 2.77. The molecule has 0 aliphatic heterocycles. The first-order chi connectivity index (χ1) is 17.5. The summed E-state index contributed by atoms with van der Waals surface area (Å²) in [6.45, 7) is 9.42. The van der Waals surface area contributed by atoms with Crippen LogP contribution in [0.5, 0.6) is 0 Å². The van der Waals surface area contributed by atoms with Gasteiger partial charge in [-0.05, 0) is 75.6 Å². The largest absolute Gasteiger partial charge is 0.355 e. The monoisotopic (exact) mass is 521 g/mol. The number of benzene rings is 3. The van der Waals surface area contributed by atoms with E-state index >= 15 is 0 Å². The number of carbonyl (C=O) groups is 2. The molecule has 0 spiro atoms. The highest BCUT2D eigenvalue weighted by Crippen LogP contribution is 2.26. The van der Waals surface area contributed by atoms with Crippen molar-refractivity contribution in [1.29, 1.82) is 0 Å². The number of nitrogens with zero attached hydrogens (tertiary/aromatic N) is 2. The SMILES string of the molecule is CCNC(=O)[C@@H](C)N(Cc1ccc(C)cc1)C(=O)CN(c1ccc(C)c(C)c1)S(=O)(=O)c1ccccc1. The third-order valence-corrected chi connectivity index (χ3v) is 8.17. The van der Waals surface area contributed by atoms with Crippen LogP contribution in [0.15, 0.2) is 77.7 Å². The van der Waals surface area contributed by atoms with E-state index < -0.39 is 28.5 Å². The number of rotatable bonds is 10. The van der Waals surface area contributed by atoms with Crippen LogP contribution in [-0.4, -0.2) is 44.3 Å². The zero-order valence-electron chi connectivity index (χ0n) is 22.1. The smallest absolute Gasteiger partial charge is 0.264 e. The summed E-state index contributed by atoms with van der Waals surface area (Å²) < 4.78 is 28.7. The van der Waals surface area contributed by atoms with E-state index in [-0.39, 0.29) is 17.3 Å². The lowest BCUT2D eigenvalue weighted by Crippen LogP contribution is -2.51. The lowest BCUT2D eigenvalue weighted by Gasteiger charge is -2.32. The summed E-state index contributed by atoms with van der Waals surface area (Å²) in [5.41, 5.74) is 4.23. The van der Waals surface area contributed by atoms with Gasteiger partial charge in [0.2, 0.25) is 11.8 Å². The molecular formula is C29H35N3O4S. The molecule has 3 aromatic rings. The normalized spacial score (nSPS) is 12.0. The summed E-state index contributed by atoms with van der Waals surface area (Å²) in [7, 11) is -4.06. The van der Waals surface area contributed by atoms with Gasteiger partial charge in [-0.2, -0.15) is 0 Å². The molecule has 0 bridgehead atoms. The van der Waals surface area contributed by atoms with Gasteiger partial charge in [-0.1, -0.05) is 54.1 Å². The van der Waals surface area contributed by atoms with Crippen LogP contribution >= 0.6 is 0 Å². The number of carbonyl (C=O) groups excluding carboxylic acids is 2. The molecule has 0 aliphatic rings. The van der Waals surface area contributed by atoms with Gasteiger partial charge in [-0.15, -0.1) is 0 Å². The molecule has 0 unspecified atom stereocenters. The fraction of sp³-hybridized carbons (Fsp3) is 0.310. The number of hydrogen-bond acceptors (Lipinski definition) is 4. The van der Waals surface area contributed by atoms with E-state index in [9.17, 15) is 18.0 Å². The van der Waals surface area contributed by atoms with E-state index in [1.807, 2.05) is 58.0 Å². The van der Waals surface area contributed by atoms with Crippen LogP contribution in [0.2, 0.25) is 0 Å². The molecule has 0 heterocycles. The van der Waals surface area contributed by atoms with E-state index in [2.05, 4.69) is 5.32 Å². The van der Waals surface area contributed by atoms with Crippen molar-refractivity contribution < 1.29 is 18.0 Å². The molecule has 0 saturated heterocycles. The van der Waals surface area contributed by atoms with Crippen molar-refractivity contribution >= 4 is 27.5 Å². The Bertz CT molecular complexity index is 1340. The number of amides is 2. The summed E-state index contributed by atoms with van der Waals surface area (Å²) in [6, 6.07) is 20.2. The Morgan fingerprint density at radius 2 is 1.54 bits per heavy atom. The maximum atomic E-state index is 13.8. The molecule has 3 rings (SSSR count). The minimum absolute atomic E-state index is 0.0860. The van der Waals surface area contributed by atoms with Crippen molar-refractivity contribution in [1.82, 2.24) is 10.2 Å². The molecule has 0 fully saturated rings. The van der Waals surface area contributed by atoms with Gasteiger partial charge < -0.3 is 10.2 Å². The quantitative estimate of drug-likeness (QED) is 0.430. The Morgan fingerprint density at radius 3 is 2.14 bits per heavy atom. The van der Waals surface area contributed by atoms with E-state index in [0.29, 0.717) is 12.2 Å². The van der Waals surface area contributed by atoms with Gasteiger partial charge in [0.1, 0.15) is 12.6 Å². The van der Waals surface area contributed by atoms with E-state index in [4.69, 9.17) is 0 Å². The topological polar surface area (TPSA) is 86.8 Å². The molecule has 7 nitrogen and oxygen atoms in total. The predicted molar refractivity (Wildman–Crippen MR) is 147 cm³/mol. The number of anilines is 1. The van der Waals surface area contributed by atoms with Crippen molar-refractivity contribution in [2.75, 3.05) is 17.4 Å². The predicted octanol–water partition coefficient (Wildman–Crippen LogP) is 4.36. The van der Waals surface area contributed by atoms with Crippen molar-refractivity contribution in [3.63, 3.8) is 0 Å². The Labute approximate surface area is 220 Å². The van der Waals surface area contributed by atoms with Crippen LogP contribution < -0.4 is 9.62 Å². The molecule has 2 amide bonds. The highest BCUT2D eigenvalue weighted by Gasteiger charge is 2.32. The van der Waals surface area contributed by atoms with Gasteiger partial charge in [-0.25, -0.2) is 8.42 Å². The van der Waals surface area contributed by atoms with Crippen LogP contribution in [0.4, 0.5) is 5.69 Å². The Hall–Kier alpha value is -3.65. The first kappa shape index (κ1) is 27.9. The molecule has 196 valence electrons. The van der Waals surface area contributed by atoms with Crippen molar-refractivity contribution in [3.05, 3.63) is 95.1 Å². The van der Waals surface area contributed by atoms with Crippen LogP contribution in [0.25, 0.3) is 0 Å². The lowest BCUT2D eigenvalue weighted by molar-refractivity contribution is -0.139. The van der Waals surface area contributed by atoms with E-state index in [1.165, 1.54) is 17.0 Å². The molecule has 0 saturated carbocycles. The van der Waals surface area contributed by atoms with Gasteiger partial charge in [0.15, 0.2) is 0 Å². The zero-order valence-corrected chi connectivity index (χ0v) is 22.9. The minimum atomic E-state index is -4.06. The lowest BCUT2D eigenvalue weighted by atomic mass is 10.1. The van der Waals surface area contributed by atoms with Crippen molar-refractivity contribution in [2.45, 2.75) is 52.1 Å². The minimum Gasteiger partial charge on any atom is -0.355 e. The molecule has 1 atom stereocenters. The number of aryl methyl sites for hydroxylation is 3. The third-order valence-electron chi connectivity index (χ3n) is 6.38. The first-order valence-corrected chi connectivity index (χ1v) is 13.8. The second-order valence-electron chi connectivity index (χ2n) is 9.17. The molecule has 37 heavy (non-hydrogen) atoms. The first-order valence-electron chi connectivity index (χ1n) is 12.3. The average molecular weight is 522 g/mol. The molecule has 0 radical (unpaired) electrons. The number of likely N-dealkylation sites (N-methyl/N-ethyl adjacent to an activating group) is 1. The highest BCUT2D eigenvalue weighted by molar-refractivity contribution is 7.92. The fourth-order valence-electron chi connectivity index (χ4n) is 3.92. The van der Waals surface area contributed by atoms with Crippen molar-refractivity contribution in [2.24, 2.45) is 0 Å². The van der Waals surface area contributed by atoms with Crippen molar-refractivity contribution in [3.8, 4) is 0 Å². The maximum absolute atomic E-state index is 13.8. The standard InChI is InChI=1S/C29H35N3O4S/c1-6-30-29(34)24(5)31(19-25-15-12-21(2)13-16-25)28(33)20-32(26-17-14-22(3)23(4)18-26)37(35,36)27-10-8-7-9-11-27/h7-18,24H,6,19-20H2,1-5H3,(H,30,34)/t24-/m1/s1. The molecule has 0 aliphatic carbocycles. The molecule has 1 N–H and O–H groups in total. The second-order valence-corrected chi connectivity index (χ2v) is 11.0. The van der Waals surface area contributed by atoms with Crippen LogP contribution in [0.1, 0.15) is 36.1 Å². The maximum Gasteiger partial charge on any atom is 0.264 e. The van der Waals surface area contributed by atoms with Crippen LogP contribution in [0.3, 0.4) is 0 Å². The highest BCUT2D eigenvalue weighted by atomic mass is 32.2. The average Bonchev–Trinajstić information content (AvgIpc) is 2.88. The Morgan fingerprint density at radius 1 is 0.892 bits per heavy atom. The Kier molecular flexibility index (Phi) is 9.10. The van der Waals surface area contributed by atoms with Gasteiger partial charge in [0.05, 0.1) is 10.6 Å². The van der Waals surface area contributed by atoms with Gasteiger partial charge in [0.25, 0.3) is 10.0 Å². The fourth-order valence-corrected chi connectivity index (χ4v) is 5.35. The van der Waals surface area contributed by atoms with E-state index in [1.54, 1.807) is 37.3 Å². The summed E-state index contributed by atoms with van der Waals surface area (Å²) in [6.07, 6.45) is 0. The molecule has 0 aromatic heterocycles. The van der Waals surface area contributed by atoms with Crippen LogP contribution in [0, 0.1) is 20.8 Å². The third kappa shape index (κ3) is 6.77. The van der Waals surface area contributed by atoms with E-state index in [0.717, 1.165) is 26.6 Å². The van der Waals surface area contributed by atoms with Gasteiger partial charge in [0, 0.05) is 13.1 Å².